The molecule has 0 aliphatic carbocycles. The van der Waals surface area contributed by atoms with Gasteiger partial charge in [0.25, 0.3) is 0 Å². The summed E-state index contributed by atoms with van der Waals surface area (Å²) in [6.07, 6.45) is 0. The zero-order chi connectivity index (χ0) is 20.6. The number of nitrogens with zero attached hydrogens (tertiary/aromatic N) is 1. The van der Waals surface area contributed by atoms with Crippen molar-refractivity contribution in [2.45, 2.75) is 31.1 Å². The molecule has 2 aromatic rings. The molecule has 0 aromatic heterocycles. The van der Waals surface area contributed by atoms with Crippen molar-refractivity contribution in [1.82, 2.24) is 15.4 Å². The van der Waals surface area contributed by atoms with Gasteiger partial charge in [0.1, 0.15) is 0 Å². The second-order valence-corrected chi connectivity index (χ2v) is 9.08. The molecule has 0 radical (unpaired) electrons. The number of aryl methyl sites for hydroxylation is 1. The van der Waals surface area contributed by atoms with Gasteiger partial charge in [-0.3, -0.25) is 4.99 Å². The Morgan fingerprint density at radius 1 is 0.966 bits per heavy atom. The lowest BCUT2D eigenvalue weighted by atomic mass is 9.85. The van der Waals surface area contributed by atoms with E-state index in [4.69, 9.17) is 0 Å². The van der Waals surface area contributed by atoms with Crippen LogP contribution in [0.25, 0.3) is 0 Å². The van der Waals surface area contributed by atoms with E-state index in [1.54, 1.807) is 31.3 Å². The molecule has 0 fully saturated rings. The van der Waals surface area contributed by atoms with Crippen LogP contribution in [0.15, 0.2) is 64.5 Å². The highest BCUT2D eigenvalue weighted by molar-refractivity contribution is 14.0. The molecule has 0 saturated heterocycles. The summed E-state index contributed by atoms with van der Waals surface area (Å²) in [4.78, 5) is 4.47. The Hall–Kier alpha value is -1.65. The largest absolute Gasteiger partial charge is 0.356 e. The summed E-state index contributed by atoms with van der Waals surface area (Å²) < 4.78 is 27.2. The molecular formula is C21H31IN4O2S. The van der Waals surface area contributed by atoms with Crippen molar-refractivity contribution >= 4 is 40.0 Å². The summed E-state index contributed by atoms with van der Waals surface area (Å²) in [5, 5.41) is 6.44. The first kappa shape index (κ1) is 25.4. The van der Waals surface area contributed by atoms with Crippen molar-refractivity contribution in [3.05, 3.63) is 65.7 Å². The standard InChI is InChI=1S/C21H30N4O2S.HI/c1-17-10-12-19(13-11-17)28(26,27)25-15-14-23-20(22-4)24-16-21(2,3)18-8-6-5-7-9-18;/h5-13,25H,14-16H2,1-4H3,(H2,22,23,24);1H. The van der Waals surface area contributed by atoms with E-state index in [1.165, 1.54) is 5.56 Å². The fourth-order valence-corrected chi connectivity index (χ4v) is 3.72. The molecule has 0 saturated carbocycles. The Balaban J connectivity index is 0.00000420. The van der Waals surface area contributed by atoms with E-state index < -0.39 is 10.0 Å². The zero-order valence-corrected chi connectivity index (χ0v) is 20.5. The van der Waals surface area contributed by atoms with Gasteiger partial charge in [-0.1, -0.05) is 61.9 Å². The molecule has 6 nitrogen and oxygen atoms in total. The van der Waals surface area contributed by atoms with Crippen molar-refractivity contribution in [1.29, 1.82) is 0 Å². The number of halogens is 1. The number of aliphatic imine (C=N–C) groups is 1. The summed E-state index contributed by atoms with van der Waals surface area (Å²) in [6, 6.07) is 17.1. The minimum absolute atomic E-state index is 0. The summed E-state index contributed by atoms with van der Waals surface area (Å²) >= 11 is 0. The van der Waals surface area contributed by atoms with Crippen LogP contribution in [0.3, 0.4) is 0 Å². The van der Waals surface area contributed by atoms with E-state index in [-0.39, 0.29) is 40.8 Å². The molecule has 8 heteroatoms. The highest BCUT2D eigenvalue weighted by Gasteiger charge is 2.20. The molecule has 160 valence electrons. The Bertz CT molecular complexity index is 883. The lowest BCUT2D eigenvalue weighted by Gasteiger charge is -2.26. The molecule has 2 aromatic carbocycles. The Morgan fingerprint density at radius 3 is 2.17 bits per heavy atom. The van der Waals surface area contributed by atoms with E-state index in [1.807, 2.05) is 25.1 Å². The highest BCUT2D eigenvalue weighted by Crippen LogP contribution is 2.21. The smallest absolute Gasteiger partial charge is 0.240 e. The SMILES string of the molecule is CN=C(NCCNS(=O)(=O)c1ccc(C)cc1)NCC(C)(C)c1ccccc1.I. The summed E-state index contributed by atoms with van der Waals surface area (Å²) in [5.74, 6) is 0.638. The number of sulfonamides is 1. The average molecular weight is 530 g/mol. The van der Waals surface area contributed by atoms with E-state index in [2.05, 4.69) is 46.3 Å². The van der Waals surface area contributed by atoms with Gasteiger partial charge in [-0.15, -0.1) is 24.0 Å². The van der Waals surface area contributed by atoms with Gasteiger partial charge in [0.05, 0.1) is 4.90 Å². The first-order valence-electron chi connectivity index (χ1n) is 9.31. The third-order valence-electron chi connectivity index (χ3n) is 4.52. The minimum Gasteiger partial charge on any atom is -0.356 e. The van der Waals surface area contributed by atoms with Crippen LogP contribution in [0.2, 0.25) is 0 Å². The van der Waals surface area contributed by atoms with Gasteiger partial charge in [0, 0.05) is 32.1 Å². The molecule has 29 heavy (non-hydrogen) atoms. The normalized spacial score (nSPS) is 12.2. The molecule has 3 N–H and O–H groups in total. The quantitative estimate of drug-likeness (QED) is 0.212. The predicted octanol–water partition coefficient (Wildman–Crippen LogP) is 3.03. The molecule has 0 aliphatic rings. The van der Waals surface area contributed by atoms with E-state index in [9.17, 15) is 8.42 Å². The molecule has 0 aliphatic heterocycles. The van der Waals surface area contributed by atoms with Crippen molar-refractivity contribution in [2.24, 2.45) is 4.99 Å². The monoisotopic (exact) mass is 530 g/mol. The lowest BCUT2D eigenvalue weighted by molar-refractivity contribution is 0.508. The average Bonchev–Trinajstić information content (AvgIpc) is 2.68. The summed E-state index contributed by atoms with van der Waals surface area (Å²) in [7, 11) is -1.81. The van der Waals surface area contributed by atoms with Crippen LogP contribution in [0, 0.1) is 6.92 Å². The number of nitrogens with one attached hydrogen (secondary N) is 3. The first-order chi connectivity index (χ1) is 13.2. The second-order valence-electron chi connectivity index (χ2n) is 7.31. The maximum absolute atomic E-state index is 12.3. The number of benzene rings is 2. The fourth-order valence-electron chi connectivity index (χ4n) is 2.68. The molecule has 0 spiro atoms. The van der Waals surface area contributed by atoms with Gasteiger partial charge in [0.15, 0.2) is 5.96 Å². The highest BCUT2D eigenvalue weighted by atomic mass is 127. The Kier molecular flexibility index (Phi) is 10.1. The Morgan fingerprint density at radius 2 is 1.59 bits per heavy atom. The van der Waals surface area contributed by atoms with Gasteiger partial charge >= 0.3 is 0 Å². The summed E-state index contributed by atoms with van der Waals surface area (Å²) in [6.45, 7) is 7.64. The van der Waals surface area contributed by atoms with Crippen molar-refractivity contribution in [3.8, 4) is 0 Å². The van der Waals surface area contributed by atoms with Gasteiger partial charge in [-0.2, -0.15) is 0 Å². The number of rotatable bonds is 8. The Labute approximate surface area is 191 Å². The summed E-state index contributed by atoms with van der Waals surface area (Å²) in [5.41, 5.74) is 2.20. The van der Waals surface area contributed by atoms with E-state index >= 15 is 0 Å². The van der Waals surface area contributed by atoms with Gasteiger partial charge < -0.3 is 10.6 Å². The van der Waals surface area contributed by atoms with Gasteiger partial charge in [-0.05, 0) is 24.6 Å². The third-order valence-corrected chi connectivity index (χ3v) is 5.99. The molecule has 0 amide bonds. The number of hydrogen-bond acceptors (Lipinski definition) is 3. The zero-order valence-electron chi connectivity index (χ0n) is 17.4. The van der Waals surface area contributed by atoms with Crippen LogP contribution >= 0.6 is 24.0 Å². The maximum Gasteiger partial charge on any atom is 0.240 e. The van der Waals surface area contributed by atoms with Gasteiger partial charge in [0.2, 0.25) is 10.0 Å². The predicted molar refractivity (Wildman–Crippen MR) is 131 cm³/mol. The van der Waals surface area contributed by atoms with E-state index in [0.717, 1.165) is 5.56 Å². The van der Waals surface area contributed by atoms with Crippen LogP contribution in [-0.2, 0) is 15.4 Å². The molecule has 0 unspecified atom stereocenters. The van der Waals surface area contributed by atoms with Crippen molar-refractivity contribution in [2.75, 3.05) is 26.7 Å². The number of hydrogen-bond donors (Lipinski definition) is 3. The van der Waals surface area contributed by atoms with Crippen LogP contribution in [0.4, 0.5) is 0 Å². The molecular weight excluding hydrogens is 499 g/mol. The fraction of sp³-hybridized carbons (Fsp3) is 0.381. The lowest BCUT2D eigenvalue weighted by Crippen LogP contribution is -2.45. The van der Waals surface area contributed by atoms with Crippen LogP contribution in [0.1, 0.15) is 25.0 Å². The first-order valence-corrected chi connectivity index (χ1v) is 10.8. The molecule has 2 rings (SSSR count). The molecule has 0 atom stereocenters. The minimum atomic E-state index is -3.50. The molecule has 0 bridgehead atoms. The van der Waals surface area contributed by atoms with Crippen LogP contribution in [0.5, 0.6) is 0 Å². The van der Waals surface area contributed by atoms with Crippen LogP contribution in [-0.4, -0.2) is 41.1 Å². The van der Waals surface area contributed by atoms with E-state index in [0.29, 0.717) is 19.0 Å². The van der Waals surface area contributed by atoms with Crippen LogP contribution < -0.4 is 15.4 Å². The van der Waals surface area contributed by atoms with Crippen molar-refractivity contribution < 1.29 is 8.42 Å². The van der Waals surface area contributed by atoms with Gasteiger partial charge in [-0.25, -0.2) is 13.1 Å². The molecule has 0 heterocycles. The van der Waals surface area contributed by atoms with Crippen molar-refractivity contribution in [3.63, 3.8) is 0 Å². The second kappa shape index (κ2) is 11.5. The number of guanidine groups is 1. The topological polar surface area (TPSA) is 82.6 Å². The maximum atomic E-state index is 12.3. The third kappa shape index (κ3) is 7.94.